The molecule has 0 amide bonds. The monoisotopic (exact) mass is 309 g/mol. The van der Waals surface area contributed by atoms with Crippen molar-refractivity contribution in [2.24, 2.45) is 0 Å². The van der Waals surface area contributed by atoms with Gasteiger partial charge in [-0.3, -0.25) is 4.98 Å². The fraction of sp³-hybridized carbons (Fsp3) is 0.417. The molecule has 0 saturated carbocycles. The van der Waals surface area contributed by atoms with E-state index in [-0.39, 0.29) is 6.04 Å². The van der Waals surface area contributed by atoms with E-state index in [1.54, 1.807) is 12.4 Å². The minimum absolute atomic E-state index is 0.0648. The average Bonchev–Trinajstić information content (AvgIpc) is 2.84. The Bertz CT molecular complexity index is 511. The van der Waals surface area contributed by atoms with E-state index in [0.717, 1.165) is 28.8 Å². The number of nitrogens with one attached hydrogen (secondary N) is 1. The van der Waals surface area contributed by atoms with Crippen molar-refractivity contribution in [3.63, 3.8) is 0 Å². The summed E-state index contributed by atoms with van der Waals surface area (Å²) >= 11 is 3.45. The normalized spacial score (nSPS) is 12.6. The van der Waals surface area contributed by atoms with E-state index < -0.39 is 0 Å². The van der Waals surface area contributed by atoms with E-state index in [9.17, 15) is 0 Å². The molecule has 0 aliphatic heterocycles. The first-order valence-corrected chi connectivity index (χ1v) is 6.77. The Morgan fingerprint density at radius 2 is 2.17 bits per heavy atom. The minimum Gasteiger partial charge on any atom is -0.305 e. The van der Waals surface area contributed by atoms with Gasteiger partial charge in [-0.25, -0.2) is 4.68 Å². The molecule has 0 aromatic carbocycles. The third kappa shape index (κ3) is 2.76. The lowest BCUT2D eigenvalue weighted by Gasteiger charge is -2.18. The third-order valence-electron chi connectivity index (χ3n) is 2.71. The fourth-order valence-corrected chi connectivity index (χ4v) is 2.30. The van der Waals surface area contributed by atoms with Crippen LogP contribution in [0, 0.1) is 0 Å². The van der Waals surface area contributed by atoms with Crippen LogP contribution in [0.3, 0.4) is 0 Å². The van der Waals surface area contributed by atoms with Gasteiger partial charge in [0.05, 0.1) is 17.9 Å². The molecule has 96 valence electrons. The first-order valence-electron chi connectivity index (χ1n) is 5.98. The number of hydrogen-bond donors (Lipinski definition) is 1. The number of aryl methyl sites for hydroxylation is 1. The van der Waals surface area contributed by atoms with Gasteiger partial charge in [0.15, 0.2) is 0 Å². The second-order valence-electron chi connectivity index (χ2n) is 3.90. The number of halogens is 1. The summed E-state index contributed by atoms with van der Waals surface area (Å²) in [5, 5.41) is 11.5. The smallest absolute Gasteiger partial charge is 0.0802 e. The maximum Gasteiger partial charge on any atom is 0.0802 e. The summed E-state index contributed by atoms with van der Waals surface area (Å²) in [7, 11) is 0. The lowest BCUT2D eigenvalue weighted by molar-refractivity contribution is 0.534. The highest BCUT2D eigenvalue weighted by Gasteiger charge is 2.18. The van der Waals surface area contributed by atoms with Crippen LogP contribution in [0.1, 0.15) is 31.1 Å². The van der Waals surface area contributed by atoms with Gasteiger partial charge in [0.25, 0.3) is 0 Å². The van der Waals surface area contributed by atoms with E-state index in [1.165, 1.54) is 0 Å². The van der Waals surface area contributed by atoms with Crippen LogP contribution in [0.15, 0.2) is 29.1 Å². The quantitative estimate of drug-likeness (QED) is 0.919. The Labute approximate surface area is 115 Å². The molecule has 1 atom stereocenters. The Kier molecular flexibility index (Phi) is 4.43. The Morgan fingerprint density at radius 1 is 1.33 bits per heavy atom. The van der Waals surface area contributed by atoms with E-state index in [1.807, 2.05) is 10.9 Å². The zero-order chi connectivity index (χ0) is 13.0. The van der Waals surface area contributed by atoms with Crippen LogP contribution < -0.4 is 5.32 Å². The van der Waals surface area contributed by atoms with Gasteiger partial charge < -0.3 is 5.32 Å². The van der Waals surface area contributed by atoms with Crippen LogP contribution in [0.5, 0.6) is 0 Å². The molecule has 2 rings (SSSR count). The SMILES string of the molecule is CCNC(c1cncc(Br)c1)c1cnnn1CC. The molecular formula is C12H16BrN5. The Hall–Kier alpha value is -1.27. The van der Waals surface area contributed by atoms with Crippen molar-refractivity contribution < 1.29 is 0 Å². The lowest BCUT2D eigenvalue weighted by Crippen LogP contribution is -2.25. The average molecular weight is 310 g/mol. The van der Waals surface area contributed by atoms with Gasteiger partial charge >= 0.3 is 0 Å². The predicted molar refractivity (Wildman–Crippen MR) is 73.2 cm³/mol. The Balaban J connectivity index is 2.39. The molecule has 1 N–H and O–H groups in total. The van der Waals surface area contributed by atoms with Crippen molar-refractivity contribution in [2.45, 2.75) is 26.4 Å². The summed E-state index contributed by atoms with van der Waals surface area (Å²) in [4.78, 5) is 4.22. The summed E-state index contributed by atoms with van der Waals surface area (Å²) in [6, 6.07) is 2.13. The highest BCUT2D eigenvalue weighted by atomic mass is 79.9. The van der Waals surface area contributed by atoms with Gasteiger partial charge in [0.1, 0.15) is 0 Å². The van der Waals surface area contributed by atoms with Crippen LogP contribution in [0.25, 0.3) is 0 Å². The molecule has 0 saturated heterocycles. The zero-order valence-electron chi connectivity index (χ0n) is 10.5. The van der Waals surface area contributed by atoms with Crippen molar-refractivity contribution >= 4 is 15.9 Å². The number of aromatic nitrogens is 4. The van der Waals surface area contributed by atoms with Crippen molar-refractivity contribution in [3.05, 3.63) is 40.4 Å². The van der Waals surface area contributed by atoms with Crippen molar-refractivity contribution in [1.82, 2.24) is 25.3 Å². The van der Waals surface area contributed by atoms with Gasteiger partial charge in [0, 0.05) is 23.4 Å². The van der Waals surface area contributed by atoms with E-state index >= 15 is 0 Å². The molecule has 0 radical (unpaired) electrons. The minimum atomic E-state index is 0.0648. The zero-order valence-corrected chi connectivity index (χ0v) is 12.1. The number of hydrogen-bond acceptors (Lipinski definition) is 4. The molecule has 18 heavy (non-hydrogen) atoms. The molecule has 1 unspecified atom stereocenters. The summed E-state index contributed by atoms with van der Waals surface area (Å²) in [5.74, 6) is 0. The number of nitrogens with zero attached hydrogens (tertiary/aromatic N) is 4. The largest absolute Gasteiger partial charge is 0.305 e. The summed E-state index contributed by atoms with van der Waals surface area (Å²) in [5.41, 5.74) is 2.16. The maximum absolute atomic E-state index is 4.22. The molecule has 5 nitrogen and oxygen atoms in total. The van der Waals surface area contributed by atoms with Gasteiger partial charge in [-0.1, -0.05) is 12.1 Å². The second kappa shape index (κ2) is 6.06. The molecule has 0 spiro atoms. The van der Waals surface area contributed by atoms with E-state index in [2.05, 4.69) is 56.5 Å². The summed E-state index contributed by atoms with van der Waals surface area (Å²) < 4.78 is 2.87. The van der Waals surface area contributed by atoms with Crippen molar-refractivity contribution in [1.29, 1.82) is 0 Å². The van der Waals surface area contributed by atoms with Crippen LogP contribution in [-0.2, 0) is 6.54 Å². The van der Waals surface area contributed by atoms with E-state index in [4.69, 9.17) is 0 Å². The number of pyridine rings is 1. The van der Waals surface area contributed by atoms with E-state index in [0.29, 0.717) is 0 Å². The first-order chi connectivity index (χ1) is 8.76. The number of rotatable bonds is 5. The van der Waals surface area contributed by atoms with Gasteiger partial charge in [-0.05, 0) is 41.0 Å². The molecule has 2 aromatic rings. The third-order valence-corrected chi connectivity index (χ3v) is 3.14. The van der Waals surface area contributed by atoms with Crippen LogP contribution in [-0.4, -0.2) is 26.5 Å². The van der Waals surface area contributed by atoms with Gasteiger partial charge in [0.2, 0.25) is 0 Å². The molecule has 2 heterocycles. The van der Waals surface area contributed by atoms with Gasteiger partial charge in [-0.15, -0.1) is 5.10 Å². The molecular weight excluding hydrogens is 294 g/mol. The molecule has 0 aliphatic carbocycles. The summed E-state index contributed by atoms with van der Waals surface area (Å²) in [6.07, 6.45) is 5.45. The van der Waals surface area contributed by atoms with Crippen molar-refractivity contribution in [2.75, 3.05) is 6.54 Å². The Morgan fingerprint density at radius 3 is 2.83 bits per heavy atom. The van der Waals surface area contributed by atoms with Crippen molar-refractivity contribution in [3.8, 4) is 0 Å². The highest BCUT2D eigenvalue weighted by Crippen LogP contribution is 2.22. The lowest BCUT2D eigenvalue weighted by atomic mass is 10.1. The standard InChI is InChI=1S/C12H16BrN5/c1-3-15-12(9-5-10(13)7-14-6-9)11-8-16-17-18(11)4-2/h5-8,12,15H,3-4H2,1-2H3. The summed E-state index contributed by atoms with van der Waals surface area (Å²) in [6.45, 7) is 5.81. The molecule has 0 bridgehead atoms. The first kappa shape index (κ1) is 13.2. The fourth-order valence-electron chi connectivity index (χ4n) is 1.92. The molecule has 0 fully saturated rings. The van der Waals surface area contributed by atoms with Crippen LogP contribution in [0.2, 0.25) is 0 Å². The topological polar surface area (TPSA) is 55.6 Å². The molecule has 2 aromatic heterocycles. The highest BCUT2D eigenvalue weighted by molar-refractivity contribution is 9.10. The maximum atomic E-state index is 4.22. The second-order valence-corrected chi connectivity index (χ2v) is 4.82. The van der Waals surface area contributed by atoms with Crippen LogP contribution in [0.4, 0.5) is 0 Å². The predicted octanol–water partition coefficient (Wildman–Crippen LogP) is 2.15. The molecule has 6 heteroatoms. The van der Waals surface area contributed by atoms with Gasteiger partial charge in [-0.2, -0.15) is 0 Å². The van der Waals surface area contributed by atoms with Crippen LogP contribution >= 0.6 is 15.9 Å². The molecule has 0 aliphatic rings.